The highest BCUT2D eigenvalue weighted by Crippen LogP contribution is 2.29. The van der Waals surface area contributed by atoms with Crippen molar-refractivity contribution < 1.29 is 4.79 Å². The first kappa shape index (κ1) is 13.4. The van der Waals surface area contributed by atoms with Gasteiger partial charge in [0.15, 0.2) is 0 Å². The van der Waals surface area contributed by atoms with Crippen molar-refractivity contribution in [1.29, 1.82) is 0 Å². The third kappa shape index (κ3) is 2.63. The van der Waals surface area contributed by atoms with E-state index in [1.54, 1.807) is 11.3 Å². The topological polar surface area (TPSA) is 20.3 Å². The van der Waals surface area contributed by atoms with Crippen LogP contribution in [0.15, 0.2) is 41.8 Å². The summed E-state index contributed by atoms with van der Waals surface area (Å²) in [5.41, 5.74) is 2.70. The Kier molecular flexibility index (Phi) is 3.88. The minimum absolute atomic E-state index is 0.204. The van der Waals surface area contributed by atoms with E-state index in [0.717, 1.165) is 19.4 Å². The number of benzene rings is 1. The average molecular weight is 285 g/mol. The Labute approximate surface area is 124 Å². The lowest BCUT2D eigenvalue weighted by atomic mass is 9.93. The molecule has 0 saturated heterocycles. The van der Waals surface area contributed by atoms with Crippen LogP contribution in [-0.4, -0.2) is 17.4 Å². The van der Waals surface area contributed by atoms with Gasteiger partial charge in [-0.1, -0.05) is 30.3 Å². The lowest BCUT2D eigenvalue weighted by Gasteiger charge is -2.35. The minimum Gasteiger partial charge on any atom is -0.336 e. The first-order valence-corrected chi connectivity index (χ1v) is 8.03. The normalized spacial score (nSPS) is 17.9. The molecule has 20 heavy (non-hydrogen) atoms. The molecule has 1 atom stereocenters. The van der Waals surface area contributed by atoms with Crippen LogP contribution in [0.1, 0.15) is 35.4 Å². The number of carbonyl (C=O) groups is 1. The second-order valence-corrected chi connectivity index (χ2v) is 6.32. The van der Waals surface area contributed by atoms with Crippen molar-refractivity contribution in [3.63, 3.8) is 0 Å². The van der Waals surface area contributed by atoms with Crippen LogP contribution in [0.4, 0.5) is 0 Å². The highest BCUT2D eigenvalue weighted by Gasteiger charge is 2.26. The van der Waals surface area contributed by atoms with Gasteiger partial charge < -0.3 is 4.90 Å². The highest BCUT2D eigenvalue weighted by atomic mass is 32.1. The molecule has 1 aromatic carbocycles. The standard InChI is InChI=1S/C17H19NOS/c1-13-16-7-3-2-5-14(16)10-11-18(13)17(19)9-8-15-6-4-12-20-15/h2-7,12-13H,8-11H2,1H3. The van der Waals surface area contributed by atoms with Gasteiger partial charge in [0.05, 0.1) is 6.04 Å². The van der Waals surface area contributed by atoms with Gasteiger partial charge in [0.25, 0.3) is 0 Å². The highest BCUT2D eigenvalue weighted by molar-refractivity contribution is 7.09. The van der Waals surface area contributed by atoms with Crippen LogP contribution in [-0.2, 0) is 17.6 Å². The van der Waals surface area contributed by atoms with Crippen molar-refractivity contribution in [2.75, 3.05) is 6.54 Å². The van der Waals surface area contributed by atoms with Crippen LogP contribution in [0, 0.1) is 0 Å². The predicted molar refractivity (Wildman–Crippen MR) is 82.9 cm³/mol. The summed E-state index contributed by atoms with van der Waals surface area (Å²) in [5.74, 6) is 0.278. The molecule has 0 N–H and O–H groups in total. The fraction of sp³-hybridized carbons (Fsp3) is 0.353. The molecule has 0 aliphatic carbocycles. The van der Waals surface area contributed by atoms with Gasteiger partial charge >= 0.3 is 0 Å². The number of hydrogen-bond acceptors (Lipinski definition) is 2. The Morgan fingerprint density at radius 3 is 2.95 bits per heavy atom. The van der Waals surface area contributed by atoms with Crippen LogP contribution < -0.4 is 0 Å². The van der Waals surface area contributed by atoms with Crippen molar-refractivity contribution in [2.45, 2.75) is 32.2 Å². The van der Waals surface area contributed by atoms with E-state index in [1.807, 2.05) is 11.0 Å². The first-order chi connectivity index (χ1) is 9.75. The van der Waals surface area contributed by atoms with E-state index >= 15 is 0 Å². The van der Waals surface area contributed by atoms with Gasteiger partial charge in [-0.15, -0.1) is 11.3 Å². The van der Waals surface area contributed by atoms with E-state index in [1.165, 1.54) is 16.0 Å². The molecule has 0 fully saturated rings. The number of nitrogens with zero attached hydrogens (tertiary/aromatic N) is 1. The maximum Gasteiger partial charge on any atom is 0.223 e. The minimum atomic E-state index is 0.204. The average Bonchev–Trinajstić information content (AvgIpc) is 2.99. The summed E-state index contributed by atoms with van der Waals surface area (Å²) in [7, 11) is 0. The van der Waals surface area contributed by atoms with Crippen LogP contribution in [0.5, 0.6) is 0 Å². The van der Waals surface area contributed by atoms with Crippen molar-refractivity contribution in [3.05, 3.63) is 57.8 Å². The summed E-state index contributed by atoms with van der Waals surface area (Å²) in [6.45, 7) is 2.99. The summed E-state index contributed by atoms with van der Waals surface area (Å²) in [6.07, 6.45) is 2.46. The smallest absolute Gasteiger partial charge is 0.223 e. The molecule has 2 aromatic rings. The van der Waals surface area contributed by atoms with Gasteiger partial charge in [0, 0.05) is 17.8 Å². The lowest BCUT2D eigenvalue weighted by Crippen LogP contribution is -2.38. The quantitative estimate of drug-likeness (QED) is 0.839. The number of aryl methyl sites for hydroxylation is 1. The summed E-state index contributed by atoms with van der Waals surface area (Å²) >= 11 is 1.73. The van der Waals surface area contributed by atoms with E-state index in [-0.39, 0.29) is 11.9 Å². The molecular formula is C17H19NOS. The molecule has 2 heterocycles. The van der Waals surface area contributed by atoms with Gasteiger partial charge in [0.2, 0.25) is 5.91 Å². The fourth-order valence-electron chi connectivity index (χ4n) is 2.94. The molecule has 1 unspecified atom stereocenters. The molecule has 2 nitrogen and oxygen atoms in total. The molecule has 104 valence electrons. The van der Waals surface area contributed by atoms with Crippen molar-refractivity contribution in [2.24, 2.45) is 0 Å². The first-order valence-electron chi connectivity index (χ1n) is 7.15. The zero-order chi connectivity index (χ0) is 13.9. The van der Waals surface area contributed by atoms with Crippen molar-refractivity contribution in [1.82, 2.24) is 4.90 Å². The van der Waals surface area contributed by atoms with Crippen molar-refractivity contribution in [3.8, 4) is 0 Å². The fourth-order valence-corrected chi connectivity index (χ4v) is 3.65. The Hall–Kier alpha value is -1.61. The van der Waals surface area contributed by atoms with E-state index in [9.17, 15) is 4.79 Å². The number of amides is 1. The Balaban J connectivity index is 1.67. The van der Waals surface area contributed by atoms with E-state index < -0.39 is 0 Å². The zero-order valence-electron chi connectivity index (χ0n) is 11.7. The molecule has 1 amide bonds. The van der Waals surface area contributed by atoms with Crippen LogP contribution in [0.3, 0.4) is 0 Å². The maximum atomic E-state index is 12.4. The summed E-state index contributed by atoms with van der Waals surface area (Å²) < 4.78 is 0. The van der Waals surface area contributed by atoms with Gasteiger partial charge in [-0.2, -0.15) is 0 Å². The number of rotatable bonds is 3. The van der Waals surface area contributed by atoms with Gasteiger partial charge in [-0.05, 0) is 42.3 Å². The van der Waals surface area contributed by atoms with E-state index in [2.05, 4.69) is 42.6 Å². The molecule has 3 heteroatoms. The third-order valence-corrected chi connectivity index (χ3v) is 5.02. The summed E-state index contributed by atoms with van der Waals surface area (Å²) in [4.78, 5) is 15.8. The molecule has 1 aliphatic heterocycles. The van der Waals surface area contributed by atoms with Crippen molar-refractivity contribution >= 4 is 17.2 Å². The van der Waals surface area contributed by atoms with Gasteiger partial charge in [-0.3, -0.25) is 4.79 Å². The Bertz CT molecular complexity index is 591. The van der Waals surface area contributed by atoms with Gasteiger partial charge in [-0.25, -0.2) is 0 Å². The van der Waals surface area contributed by atoms with Crippen LogP contribution in [0.2, 0.25) is 0 Å². The molecule has 3 rings (SSSR count). The number of thiophene rings is 1. The maximum absolute atomic E-state index is 12.4. The molecule has 0 saturated carbocycles. The monoisotopic (exact) mass is 285 g/mol. The molecule has 1 aliphatic rings. The molecule has 1 aromatic heterocycles. The number of carbonyl (C=O) groups excluding carboxylic acids is 1. The molecule has 0 radical (unpaired) electrons. The predicted octanol–water partition coefficient (Wildman–Crippen LogP) is 3.83. The second-order valence-electron chi connectivity index (χ2n) is 5.29. The summed E-state index contributed by atoms with van der Waals surface area (Å²) in [6, 6.07) is 12.8. The third-order valence-electron chi connectivity index (χ3n) is 4.08. The number of hydrogen-bond donors (Lipinski definition) is 0. The van der Waals surface area contributed by atoms with Gasteiger partial charge in [0.1, 0.15) is 0 Å². The number of fused-ring (bicyclic) bond motifs is 1. The van der Waals surface area contributed by atoms with E-state index in [4.69, 9.17) is 0 Å². The molecular weight excluding hydrogens is 266 g/mol. The van der Waals surface area contributed by atoms with Crippen LogP contribution >= 0.6 is 11.3 Å². The lowest BCUT2D eigenvalue weighted by molar-refractivity contribution is -0.133. The van der Waals surface area contributed by atoms with E-state index in [0.29, 0.717) is 6.42 Å². The zero-order valence-corrected chi connectivity index (χ0v) is 12.5. The largest absolute Gasteiger partial charge is 0.336 e. The Morgan fingerprint density at radius 1 is 1.30 bits per heavy atom. The van der Waals surface area contributed by atoms with Crippen LogP contribution in [0.25, 0.3) is 0 Å². The SMILES string of the molecule is CC1c2ccccc2CCN1C(=O)CCc1cccs1. The molecule has 0 bridgehead atoms. The molecule has 0 spiro atoms. The Morgan fingerprint density at radius 2 is 2.15 bits per heavy atom. The summed E-state index contributed by atoms with van der Waals surface area (Å²) in [5, 5.41) is 2.07. The second kappa shape index (κ2) is 5.80.